The molecule has 108 valence electrons. The van der Waals surface area contributed by atoms with Crippen molar-refractivity contribution in [3.05, 3.63) is 35.1 Å². The number of carbonyl (C=O) groups is 1. The van der Waals surface area contributed by atoms with Gasteiger partial charge in [0.2, 0.25) is 0 Å². The predicted molar refractivity (Wildman–Crippen MR) is 73.2 cm³/mol. The topological polar surface area (TPSA) is 78.9 Å². The third-order valence-electron chi connectivity index (χ3n) is 3.72. The number of piperidine rings is 1. The molecule has 1 amide bonds. The number of amidine groups is 1. The summed E-state index contributed by atoms with van der Waals surface area (Å²) in [6, 6.07) is 4.37. The summed E-state index contributed by atoms with van der Waals surface area (Å²) in [5.41, 5.74) is 6.52. The molecule has 0 aliphatic carbocycles. The maximum absolute atomic E-state index is 13.2. The van der Waals surface area contributed by atoms with Crippen LogP contribution in [0.2, 0.25) is 0 Å². The molecule has 0 atom stereocenters. The molecule has 6 heteroatoms. The van der Waals surface area contributed by atoms with E-state index in [1.165, 1.54) is 12.1 Å². The normalized spacial score (nSPS) is 17.3. The smallest absolute Gasteiger partial charge is 0.253 e. The second kappa shape index (κ2) is 5.90. The summed E-state index contributed by atoms with van der Waals surface area (Å²) in [5, 5.41) is 11.7. The molecule has 2 rings (SSSR count). The van der Waals surface area contributed by atoms with Gasteiger partial charge in [-0.05, 0) is 43.5 Å². The van der Waals surface area contributed by atoms with Crippen LogP contribution in [-0.4, -0.2) is 34.9 Å². The minimum absolute atomic E-state index is 0.0130. The number of hydrogen-bond donors (Lipinski definition) is 2. The molecule has 0 unspecified atom stereocenters. The molecule has 0 aromatic heterocycles. The highest BCUT2D eigenvalue weighted by Crippen LogP contribution is 2.20. The standard InChI is InChI=1S/C14H18FN3O2/c1-9-8-11(2-3-12(9)15)14(19)18-6-4-10(5-7-18)13(16)17-20/h2-3,8,10,20H,4-7H2,1H3,(H2,16,17). The summed E-state index contributed by atoms with van der Waals surface area (Å²) < 4.78 is 13.2. The number of benzene rings is 1. The van der Waals surface area contributed by atoms with Gasteiger partial charge in [-0.3, -0.25) is 4.79 Å². The zero-order valence-corrected chi connectivity index (χ0v) is 11.3. The van der Waals surface area contributed by atoms with E-state index in [0.29, 0.717) is 37.1 Å². The minimum atomic E-state index is -0.313. The van der Waals surface area contributed by atoms with Crippen molar-refractivity contribution in [2.45, 2.75) is 19.8 Å². The third kappa shape index (κ3) is 2.89. The molecule has 1 aliphatic heterocycles. The fourth-order valence-corrected chi connectivity index (χ4v) is 2.42. The average Bonchev–Trinajstić information content (AvgIpc) is 2.48. The lowest BCUT2D eigenvalue weighted by Gasteiger charge is -2.31. The summed E-state index contributed by atoms with van der Waals surface area (Å²) >= 11 is 0. The van der Waals surface area contributed by atoms with Crippen LogP contribution in [0.5, 0.6) is 0 Å². The van der Waals surface area contributed by atoms with Crippen molar-refractivity contribution in [2.75, 3.05) is 13.1 Å². The lowest BCUT2D eigenvalue weighted by molar-refractivity contribution is 0.0709. The van der Waals surface area contributed by atoms with E-state index in [0.717, 1.165) is 0 Å². The van der Waals surface area contributed by atoms with Gasteiger partial charge >= 0.3 is 0 Å². The van der Waals surface area contributed by atoms with Gasteiger partial charge in [0.1, 0.15) is 11.7 Å². The predicted octanol–water partition coefficient (Wildman–Crippen LogP) is 1.73. The van der Waals surface area contributed by atoms with Gasteiger partial charge in [-0.1, -0.05) is 5.16 Å². The van der Waals surface area contributed by atoms with E-state index in [9.17, 15) is 9.18 Å². The number of likely N-dealkylation sites (tertiary alicyclic amines) is 1. The van der Waals surface area contributed by atoms with Crippen LogP contribution in [0, 0.1) is 18.7 Å². The van der Waals surface area contributed by atoms with Crippen LogP contribution in [0.3, 0.4) is 0 Å². The fraction of sp³-hybridized carbons (Fsp3) is 0.429. The van der Waals surface area contributed by atoms with Crippen molar-refractivity contribution >= 4 is 11.7 Å². The van der Waals surface area contributed by atoms with Crippen LogP contribution in [0.25, 0.3) is 0 Å². The van der Waals surface area contributed by atoms with Crippen LogP contribution >= 0.6 is 0 Å². The van der Waals surface area contributed by atoms with E-state index in [1.807, 2.05) is 0 Å². The molecule has 1 aromatic carbocycles. The largest absolute Gasteiger partial charge is 0.409 e. The quantitative estimate of drug-likeness (QED) is 0.374. The van der Waals surface area contributed by atoms with E-state index in [1.54, 1.807) is 17.9 Å². The Morgan fingerprint density at radius 2 is 2.10 bits per heavy atom. The maximum Gasteiger partial charge on any atom is 0.253 e. The van der Waals surface area contributed by atoms with E-state index in [4.69, 9.17) is 10.9 Å². The number of rotatable bonds is 2. The van der Waals surface area contributed by atoms with Gasteiger partial charge in [-0.25, -0.2) is 4.39 Å². The molecular formula is C14H18FN3O2. The van der Waals surface area contributed by atoms with Gasteiger partial charge in [0.05, 0.1) is 0 Å². The molecule has 0 saturated carbocycles. The van der Waals surface area contributed by atoms with Crippen molar-refractivity contribution in [1.82, 2.24) is 4.90 Å². The first kappa shape index (κ1) is 14.3. The molecule has 1 heterocycles. The molecule has 0 radical (unpaired) electrons. The molecule has 1 saturated heterocycles. The SMILES string of the molecule is Cc1cc(C(=O)N2CCC(C(N)=NO)CC2)ccc1F. The van der Waals surface area contributed by atoms with Crippen molar-refractivity contribution in [3.8, 4) is 0 Å². The van der Waals surface area contributed by atoms with Crippen molar-refractivity contribution in [2.24, 2.45) is 16.8 Å². The molecule has 20 heavy (non-hydrogen) atoms. The zero-order chi connectivity index (χ0) is 14.7. The van der Waals surface area contributed by atoms with E-state index in [2.05, 4.69) is 5.16 Å². The summed E-state index contributed by atoms with van der Waals surface area (Å²) in [6.07, 6.45) is 1.34. The third-order valence-corrected chi connectivity index (χ3v) is 3.72. The monoisotopic (exact) mass is 279 g/mol. The Morgan fingerprint density at radius 1 is 1.45 bits per heavy atom. The lowest BCUT2D eigenvalue weighted by Crippen LogP contribution is -2.41. The number of aryl methyl sites for hydroxylation is 1. The Bertz CT molecular complexity index is 537. The first-order valence-electron chi connectivity index (χ1n) is 6.55. The van der Waals surface area contributed by atoms with Gasteiger partial charge in [-0.2, -0.15) is 0 Å². The van der Waals surface area contributed by atoms with Gasteiger partial charge in [0.15, 0.2) is 0 Å². The molecule has 3 N–H and O–H groups in total. The van der Waals surface area contributed by atoms with Gasteiger partial charge in [-0.15, -0.1) is 0 Å². The number of halogens is 1. The molecule has 1 aromatic rings. The molecule has 0 bridgehead atoms. The fourth-order valence-electron chi connectivity index (χ4n) is 2.42. The number of oxime groups is 1. The first-order chi connectivity index (χ1) is 9.52. The second-order valence-electron chi connectivity index (χ2n) is 5.06. The Labute approximate surface area is 116 Å². The highest BCUT2D eigenvalue weighted by atomic mass is 19.1. The van der Waals surface area contributed by atoms with E-state index >= 15 is 0 Å². The summed E-state index contributed by atoms with van der Waals surface area (Å²) in [5.74, 6) is -0.188. The highest BCUT2D eigenvalue weighted by Gasteiger charge is 2.26. The molecule has 1 fully saturated rings. The first-order valence-corrected chi connectivity index (χ1v) is 6.55. The van der Waals surface area contributed by atoms with Crippen LogP contribution in [0.1, 0.15) is 28.8 Å². The Hall–Kier alpha value is -2.11. The minimum Gasteiger partial charge on any atom is -0.409 e. The van der Waals surface area contributed by atoms with Crippen LogP contribution < -0.4 is 5.73 Å². The van der Waals surface area contributed by atoms with E-state index in [-0.39, 0.29) is 23.5 Å². The van der Waals surface area contributed by atoms with Gasteiger partial charge in [0, 0.05) is 24.6 Å². The highest BCUT2D eigenvalue weighted by molar-refractivity contribution is 5.94. The summed E-state index contributed by atoms with van der Waals surface area (Å²) in [7, 11) is 0. The molecular weight excluding hydrogens is 261 g/mol. The Kier molecular flexibility index (Phi) is 4.22. The van der Waals surface area contributed by atoms with Gasteiger partial charge in [0.25, 0.3) is 5.91 Å². The molecule has 5 nitrogen and oxygen atoms in total. The lowest BCUT2D eigenvalue weighted by atomic mass is 9.95. The van der Waals surface area contributed by atoms with Crippen molar-refractivity contribution in [3.63, 3.8) is 0 Å². The molecule has 1 aliphatic rings. The summed E-state index contributed by atoms with van der Waals surface area (Å²) in [6.45, 7) is 2.74. The van der Waals surface area contributed by atoms with Crippen molar-refractivity contribution < 1.29 is 14.4 Å². The van der Waals surface area contributed by atoms with Crippen LogP contribution in [-0.2, 0) is 0 Å². The van der Waals surface area contributed by atoms with E-state index < -0.39 is 0 Å². The Balaban J connectivity index is 2.03. The number of hydrogen-bond acceptors (Lipinski definition) is 3. The van der Waals surface area contributed by atoms with Crippen molar-refractivity contribution in [1.29, 1.82) is 0 Å². The number of carbonyl (C=O) groups excluding carboxylic acids is 1. The van der Waals surface area contributed by atoms with Crippen LogP contribution in [0.15, 0.2) is 23.4 Å². The second-order valence-corrected chi connectivity index (χ2v) is 5.06. The zero-order valence-electron chi connectivity index (χ0n) is 11.3. The average molecular weight is 279 g/mol. The number of nitrogens with zero attached hydrogens (tertiary/aromatic N) is 2. The Morgan fingerprint density at radius 3 is 2.65 bits per heavy atom. The maximum atomic E-state index is 13.2. The number of nitrogens with two attached hydrogens (primary N) is 1. The summed E-state index contributed by atoms with van der Waals surface area (Å²) in [4.78, 5) is 14.0. The number of amides is 1. The molecule has 0 spiro atoms. The van der Waals surface area contributed by atoms with Crippen LogP contribution in [0.4, 0.5) is 4.39 Å². The van der Waals surface area contributed by atoms with Gasteiger partial charge < -0.3 is 15.8 Å².